The zero-order chi connectivity index (χ0) is 21.4. The molecule has 0 N–H and O–H groups in total. The van der Waals surface area contributed by atoms with Crippen molar-refractivity contribution in [2.75, 3.05) is 26.2 Å². The summed E-state index contributed by atoms with van der Waals surface area (Å²) in [5.74, 6) is 1.42. The van der Waals surface area contributed by atoms with E-state index in [1.807, 2.05) is 36.4 Å². The molecule has 2 aliphatic rings. The number of aromatic nitrogens is 2. The summed E-state index contributed by atoms with van der Waals surface area (Å²) in [6.45, 7) is 3.15. The Bertz CT molecular complexity index is 1100. The first-order chi connectivity index (χ1) is 15.1. The van der Waals surface area contributed by atoms with Crippen molar-refractivity contribution in [1.82, 2.24) is 19.2 Å². The molecule has 2 aliphatic heterocycles. The molecule has 0 atom stereocenters. The van der Waals surface area contributed by atoms with Crippen LogP contribution in [0.25, 0.3) is 16.8 Å². The first-order valence-corrected chi connectivity index (χ1v) is 11.3. The van der Waals surface area contributed by atoms with E-state index in [1.165, 1.54) is 4.90 Å². The number of fused-ring (bicyclic) bond motifs is 1. The quantitative estimate of drug-likeness (QED) is 0.567. The number of amides is 2. The van der Waals surface area contributed by atoms with Gasteiger partial charge in [0.25, 0.3) is 0 Å². The van der Waals surface area contributed by atoms with Crippen molar-refractivity contribution in [3.63, 3.8) is 0 Å². The van der Waals surface area contributed by atoms with E-state index < -0.39 is 0 Å². The summed E-state index contributed by atoms with van der Waals surface area (Å²) in [6, 6.07) is 14.0. The van der Waals surface area contributed by atoms with Crippen molar-refractivity contribution in [2.45, 2.75) is 31.6 Å². The highest BCUT2D eigenvalue weighted by Crippen LogP contribution is 2.33. The number of pyridine rings is 1. The van der Waals surface area contributed by atoms with Crippen LogP contribution >= 0.6 is 11.6 Å². The van der Waals surface area contributed by atoms with Crippen molar-refractivity contribution < 1.29 is 9.59 Å². The highest BCUT2D eigenvalue weighted by atomic mass is 35.5. The Labute approximate surface area is 186 Å². The van der Waals surface area contributed by atoms with Gasteiger partial charge in [-0.3, -0.25) is 14.5 Å². The number of carbonyl (C=O) groups is 2. The van der Waals surface area contributed by atoms with Crippen molar-refractivity contribution in [2.24, 2.45) is 0 Å². The molecule has 1 aromatic carbocycles. The summed E-state index contributed by atoms with van der Waals surface area (Å²) in [5.41, 5.74) is 3.16. The summed E-state index contributed by atoms with van der Waals surface area (Å²) in [6.07, 6.45) is 4.84. The summed E-state index contributed by atoms with van der Waals surface area (Å²) in [4.78, 5) is 32.5. The highest BCUT2D eigenvalue weighted by molar-refractivity contribution is 6.30. The number of carbonyl (C=O) groups excluding carboxylic acids is 2. The molecule has 0 aliphatic carbocycles. The maximum atomic E-state index is 11.8. The van der Waals surface area contributed by atoms with Gasteiger partial charge in [0.2, 0.25) is 11.8 Å². The lowest BCUT2D eigenvalue weighted by Gasteiger charge is -2.32. The van der Waals surface area contributed by atoms with Crippen LogP contribution in [0.2, 0.25) is 5.02 Å². The van der Waals surface area contributed by atoms with Gasteiger partial charge in [0.05, 0.1) is 11.2 Å². The second-order valence-corrected chi connectivity index (χ2v) is 8.77. The third kappa shape index (κ3) is 3.98. The number of rotatable bonds is 5. The molecule has 5 rings (SSSR count). The number of nitrogens with zero attached hydrogens (tertiary/aromatic N) is 4. The van der Waals surface area contributed by atoms with E-state index in [1.54, 1.807) is 0 Å². The van der Waals surface area contributed by atoms with Gasteiger partial charge >= 0.3 is 0 Å². The van der Waals surface area contributed by atoms with E-state index >= 15 is 0 Å². The standard InChI is InChI=1S/C24H25ClN4O2/c25-19-6-4-17(5-7-19)23-20-3-1-2-12-28(20)24(26-23)18-10-13-27(14-11-18)15-16-29-21(30)8-9-22(29)31/h1-7,12,18H,8-11,13-16H2. The van der Waals surface area contributed by atoms with Crippen LogP contribution in [0, 0.1) is 0 Å². The molecule has 0 bridgehead atoms. The maximum Gasteiger partial charge on any atom is 0.229 e. The van der Waals surface area contributed by atoms with Gasteiger partial charge < -0.3 is 9.30 Å². The Kier molecular flexibility index (Phi) is 5.50. The van der Waals surface area contributed by atoms with E-state index in [0.29, 0.717) is 25.3 Å². The Hall–Kier alpha value is -2.70. The van der Waals surface area contributed by atoms with Gasteiger partial charge in [-0.1, -0.05) is 29.8 Å². The Morgan fingerprint density at radius 3 is 2.35 bits per heavy atom. The average molecular weight is 437 g/mol. The minimum Gasteiger partial charge on any atom is -0.303 e. The number of halogens is 1. The number of likely N-dealkylation sites (tertiary alicyclic amines) is 2. The molecule has 2 aromatic heterocycles. The predicted molar refractivity (Wildman–Crippen MR) is 120 cm³/mol. The molecular formula is C24H25ClN4O2. The predicted octanol–water partition coefficient (Wildman–Crippen LogP) is 3.98. The second-order valence-electron chi connectivity index (χ2n) is 8.34. The van der Waals surface area contributed by atoms with Crippen LogP contribution in [0.5, 0.6) is 0 Å². The van der Waals surface area contributed by atoms with Gasteiger partial charge in [0.1, 0.15) is 5.82 Å². The fourth-order valence-corrected chi connectivity index (χ4v) is 4.82. The Balaban J connectivity index is 1.30. The summed E-state index contributed by atoms with van der Waals surface area (Å²) in [5, 5.41) is 0.720. The molecule has 2 saturated heterocycles. The third-order valence-corrected chi connectivity index (χ3v) is 6.69. The van der Waals surface area contributed by atoms with Crippen LogP contribution < -0.4 is 0 Å². The van der Waals surface area contributed by atoms with Crippen molar-refractivity contribution in [3.05, 3.63) is 59.5 Å². The average Bonchev–Trinajstić information content (AvgIpc) is 3.33. The van der Waals surface area contributed by atoms with Gasteiger partial charge in [0.15, 0.2) is 0 Å². The van der Waals surface area contributed by atoms with Crippen LogP contribution in [0.1, 0.15) is 37.4 Å². The summed E-state index contributed by atoms with van der Waals surface area (Å²) < 4.78 is 2.21. The molecule has 2 fully saturated rings. The molecule has 6 nitrogen and oxygen atoms in total. The largest absolute Gasteiger partial charge is 0.303 e. The highest BCUT2D eigenvalue weighted by Gasteiger charge is 2.30. The van der Waals surface area contributed by atoms with Gasteiger partial charge in [0, 0.05) is 48.6 Å². The molecule has 0 spiro atoms. The van der Waals surface area contributed by atoms with Crippen LogP contribution in [-0.4, -0.2) is 57.2 Å². The molecule has 7 heteroatoms. The molecule has 160 valence electrons. The molecule has 0 saturated carbocycles. The van der Waals surface area contributed by atoms with E-state index in [2.05, 4.69) is 21.6 Å². The van der Waals surface area contributed by atoms with Gasteiger partial charge in [-0.2, -0.15) is 0 Å². The van der Waals surface area contributed by atoms with Crippen LogP contribution in [0.4, 0.5) is 0 Å². The first kappa shape index (κ1) is 20.2. The third-order valence-electron chi connectivity index (χ3n) is 6.44. The molecule has 31 heavy (non-hydrogen) atoms. The number of hydrogen-bond donors (Lipinski definition) is 0. The summed E-state index contributed by atoms with van der Waals surface area (Å²) >= 11 is 6.07. The van der Waals surface area contributed by atoms with Gasteiger partial charge in [-0.25, -0.2) is 4.98 Å². The second kappa shape index (κ2) is 8.44. The fourth-order valence-electron chi connectivity index (χ4n) is 4.70. The molecule has 0 unspecified atom stereocenters. The number of benzene rings is 1. The normalized spacial score (nSPS) is 18.4. The number of imidazole rings is 1. The van der Waals surface area contributed by atoms with Crippen LogP contribution in [0.15, 0.2) is 48.7 Å². The lowest BCUT2D eigenvalue weighted by atomic mass is 9.96. The number of imide groups is 1. The van der Waals surface area contributed by atoms with Crippen molar-refractivity contribution in [3.8, 4) is 11.3 Å². The lowest BCUT2D eigenvalue weighted by Crippen LogP contribution is -2.41. The Morgan fingerprint density at radius 1 is 0.935 bits per heavy atom. The van der Waals surface area contributed by atoms with E-state index in [-0.39, 0.29) is 11.8 Å². The van der Waals surface area contributed by atoms with Crippen LogP contribution in [-0.2, 0) is 9.59 Å². The van der Waals surface area contributed by atoms with Crippen LogP contribution in [0.3, 0.4) is 0 Å². The monoisotopic (exact) mass is 436 g/mol. The minimum absolute atomic E-state index is 0.0292. The van der Waals surface area contributed by atoms with E-state index in [9.17, 15) is 9.59 Å². The Morgan fingerprint density at radius 2 is 1.65 bits per heavy atom. The van der Waals surface area contributed by atoms with E-state index in [4.69, 9.17) is 16.6 Å². The maximum absolute atomic E-state index is 11.8. The SMILES string of the molecule is O=C1CCC(=O)N1CCN1CCC(c2nc(-c3ccc(Cl)cc3)c3ccccn23)CC1. The zero-order valence-electron chi connectivity index (χ0n) is 17.3. The molecule has 0 radical (unpaired) electrons. The topological polar surface area (TPSA) is 57.9 Å². The smallest absolute Gasteiger partial charge is 0.229 e. The molecular weight excluding hydrogens is 412 g/mol. The van der Waals surface area contributed by atoms with Crippen molar-refractivity contribution >= 4 is 28.9 Å². The van der Waals surface area contributed by atoms with Gasteiger partial charge in [-0.15, -0.1) is 0 Å². The first-order valence-electron chi connectivity index (χ1n) is 10.9. The lowest BCUT2D eigenvalue weighted by molar-refractivity contribution is -0.138. The molecule has 4 heterocycles. The number of hydrogen-bond acceptors (Lipinski definition) is 4. The van der Waals surface area contributed by atoms with E-state index in [0.717, 1.165) is 60.1 Å². The van der Waals surface area contributed by atoms with Crippen molar-refractivity contribution in [1.29, 1.82) is 0 Å². The fraction of sp³-hybridized carbons (Fsp3) is 0.375. The number of piperidine rings is 1. The molecule has 2 amide bonds. The zero-order valence-corrected chi connectivity index (χ0v) is 18.1. The molecule has 3 aromatic rings. The minimum atomic E-state index is -0.0292. The summed E-state index contributed by atoms with van der Waals surface area (Å²) in [7, 11) is 0. The van der Waals surface area contributed by atoms with Gasteiger partial charge in [-0.05, 0) is 50.2 Å².